The molecule has 4 rings (SSSR count). The number of ether oxygens (including phenoxy) is 2. The Morgan fingerprint density at radius 3 is 2.82 bits per heavy atom. The molecule has 6 heteroatoms. The molecule has 1 N–H and O–H groups in total. The number of H-pyrrole nitrogens is 1. The van der Waals surface area contributed by atoms with Gasteiger partial charge in [0.25, 0.3) is 0 Å². The van der Waals surface area contributed by atoms with Crippen molar-refractivity contribution in [1.82, 2.24) is 9.97 Å². The summed E-state index contributed by atoms with van der Waals surface area (Å²) in [7, 11) is 0. The van der Waals surface area contributed by atoms with Gasteiger partial charge in [0.05, 0.1) is 18.9 Å². The van der Waals surface area contributed by atoms with E-state index in [2.05, 4.69) is 27.1 Å². The third-order valence-corrected chi connectivity index (χ3v) is 5.02. The number of benzene rings is 2. The summed E-state index contributed by atoms with van der Waals surface area (Å²) in [5.41, 5.74) is 3.93. The fraction of sp³-hybridized carbons (Fsp3) is 0.182. The van der Waals surface area contributed by atoms with Crippen molar-refractivity contribution in [2.24, 2.45) is 4.99 Å². The Kier molecular flexibility index (Phi) is 5.39. The molecule has 4 aromatic rings. The zero-order chi connectivity index (χ0) is 19.3. The first-order chi connectivity index (χ1) is 13.8. The zero-order valence-corrected chi connectivity index (χ0v) is 16.6. The molecule has 0 aliphatic rings. The van der Waals surface area contributed by atoms with Gasteiger partial charge in [-0.1, -0.05) is 18.2 Å². The number of aromatic amines is 1. The molecule has 0 amide bonds. The Morgan fingerprint density at radius 2 is 1.96 bits per heavy atom. The van der Waals surface area contributed by atoms with Gasteiger partial charge in [0.1, 0.15) is 11.5 Å². The van der Waals surface area contributed by atoms with E-state index in [1.165, 1.54) is 11.3 Å². The van der Waals surface area contributed by atoms with Crippen LogP contribution in [0.2, 0.25) is 0 Å². The quantitative estimate of drug-likeness (QED) is 0.403. The van der Waals surface area contributed by atoms with Gasteiger partial charge < -0.3 is 14.5 Å². The van der Waals surface area contributed by atoms with Crippen LogP contribution in [0.4, 0.5) is 5.13 Å². The summed E-state index contributed by atoms with van der Waals surface area (Å²) in [6, 6.07) is 14.0. The van der Waals surface area contributed by atoms with Crippen LogP contribution >= 0.6 is 11.3 Å². The topological polar surface area (TPSA) is 59.5 Å². The van der Waals surface area contributed by atoms with Crippen molar-refractivity contribution < 1.29 is 9.47 Å². The molecule has 0 saturated heterocycles. The van der Waals surface area contributed by atoms with Crippen LogP contribution < -0.4 is 9.47 Å². The van der Waals surface area contributed by atoms with Crippen molar-refractivity contribution in [3.05, 3.63) is 59.6 Å². The summed E-state index contributed by atoms with van der Waals surface area (Å²) in [5, 5.41) is 3.85. The van der Waals surface area contributed by atoms with E-state index in [9.17, 15) is 0 Å². The second kappa shape index (κ2) is 8.27. The van der Waals surface area contributed by atoms with Gasteiger partial charge in [-0.05, 0) is 32.0 Å². The SMILES string of the molecule is CCOc1ccc(-c2csc(/N=C/c3c[nH]c4ccccc34)n2)c(OCC)c1. The summed E-state index contributed by atoms with van der Waals surface area (Å²) in [4.78, 5) is 12.5. The lowest BCUT2D eigenvalue weighted by Gasteiger charge is -2.11. The van der Waals surface area contributed by atoms with Crippen molar-refractivity contribution in [2.75, 3.05) is 13.2 Å². The van der Waals surface area contributed by atoms with Crippen LogP contribution in [0.5, 0.6) is 11.5 Å². The lowest BCUT2D eigenvalue weighted by atomic mass is 10.1. The standard InChI is InChI=1S/C22H21N3O2S/c1-3-26-16-9-10-18(21(11-16)27-4-2)20-14-28-22(25-20)24-13-15-12-23-19-8-6-5-7-17(15)19/h5-14,23H,3-4H2,1-2H3/b24-13+. The molecule has 0 radical (unpaired) electrons. The van der Waals surface area contributed by atoms with Gasteiger partial charge in [0.2, 0.25) is 5.13 Å². The summed E-state index contributed by atoms with van der Waals surface area (Å²) in [5.74, 6) is 1.56. The molecule has 2 heterocycles. The predicted molar refractivity (Wildman–Crippen MR) is 115 cm³/mol. The highest BCUT2D eigenvalue weighted by molar-refractivity contribution is 7.13. The Hall–Kier alpha value is -3.12. The monoisotopic (exact) mass is 391 g/mol. The first-order valence-electron chi connectivity index (χ1n) is 9.24. The smallest absolute Gasteiger partial charge is 0.209 e. The number of thiazole rings is 1. The molecule has 0 unspecified atom stereocenters. The summed E-state index contributed by atoms with van der Waals surface area (Å²) in [6.45, 7) is 5.13. The predicted octanol–water partition coefficient (Wildman–Crippen LogP) is 5.84. The number of para-hydroxylation sites is 1. The van der Waals surface area contributed by atoms with Gasteiger partial charge >= 0.3 is 0 Å². The third-order valence-electron chi connectivity index (χ3n) is 4.27. The largest absolute Gasteiger partial charge is 0.494 e. The van der Waals surface area contributed by atoms with Crippen molar-refractivity contribution in [1.29, 1.82) is 0 Å². The van der Waals surface area contributed by atoms with Crippen LogP contribution in [0.15, 0.2) is 59.0 Å². The van der Waals surface area contributed by atoms with E-state index < -0.39 is 0 Å². The minimum absolute atomic E-state index is 0.582. The van der Waals surface area contributed by atoms with Crippen LogP contribution in [0, 0.1) is 0 Å². The van der Waals surface area contributed by atoms with Gasteiger partial charge in [0, 0.05) is 45.9 Å². The van der Waals surface area contributed by atoms with Gasteiger partial charge in [-0.25, -0.2) is 9.98 Å². The molecule has 0 atom stereocenters. The number of rotatable bonds is 7. The second-order valence-electron chi connectivity index (χ2n) is 6.09. The molecule has 5 nitrogen and oxygen atoms in total. The molecule has 0 aliphatic heterocycles. The minimum atomic E-state index is 0.582. The van der Waals surface area contributed by atoms with E-state index >= 15 is 0 Å². The number of nitrogens with zero attached hydrogens (tertiary/aromatic N) is 2. The number of hydrogen-bond donors (Lipinski definition) is 1. The molecule has 0 fully saturated rings. The molecule has 28 heavy (non-hydrogen) atoms. The maximum atomic E-state index is 5.80. The van der Waals surface area contributed by atoms with E-state index in [-0.39, 0.29) is 0 Å². The van der Waals surface area contributed by atoms with E-state index in [0.717, 1.165) is 39.2 Å². The lowest BCUT2D eigenvalue weighted by Crippen LogP contribution is -1.97. The molecule has 142 valence electrons. The number of hydrogen-bond acceptors (Lipinski definition) is 5. The average Bonchev–Trinajstić information content (AvgIpc) is 3.34. The molecular formula is C22H21N3O2S. The van der Waals surface area contributed by atoms with E-state index in [1.54, 1.807) is 0 Å². The van der Waals surface area contributed by atoms with Gasteiger partial charge in [0.15, 0.2) is 0 Å². The Morgan fingerprint density at radius 1 is 1.11 bits per heavy atom. The Bertz CT molecular complexity index is 1110. The van der Waals surface area contributed by atoms with Crippen LogP contribution in [-0.2, 0) is 0 Å². The normalized spacial score (nSPS) is 11.4. The minimum Gasteiger partial charge on any atom is -0.494 e. The maximum Gasteiger partial charge on any atom is 0.209 e. The van der Waals surface area contributed by atoms with E-state index in [0.29, 0.717) is 18.3 Å². The highest BCUT2D eigenvalue weighted by Crippen LogP contribution is 2.35. The van der Waals surface area contributed by atoms with E-state index in [1.807, 2.05) is 62.0 Å². The van der Waals surface area contributed by atoms with Crippen molar-refractivity contribution in [3.8, 4) is 22.8 Å². The summed E-state index contributed by atoms with van der Waals surface area (Å²) < 4.78 is 11.4. The van der Waals surface area contributed by atoms with Gasteiger partial charge in [-0.3, -0.25) is 0 Å². The first kappa shape index (κ1) is 18.3. The van der Waals surface area contributed by atoms with Crippen LogP contribution in [-0.4, -0.2) is 29.4 Å². The van der Waals surface area contributed by atoms with Crippen LogP contribution in [0.25, 0.3) is 22.2 Å². The van der Waals surface area contributed by atoms with Crippen LogP contribution in [0.3, 0.4) is 0 Å². The van der Waals surface area contributed by atoms with Crippen LogP contribution in [0.1, 0.15) is 19.4 Å². The number of aromatic nitrogens is 2. The van der Waals surface area contributed by atoms with Crippen molar-refractivity contribution in [2.45, 2.75) is 13.8 Å². The molecule has 0 bridgehead atoms. The second-order valence-corrected chi connectivity index (χ2v) is 6.92. The Labute approximate surface area is 167 Å². The molecule has 0 aliphatic carbocycles. The van der Waals surface area contributed by atoms with Crippen molar-refractivity contribution >= 4 is 33.6 Å². The summed E-state index contributed by atoms with van der Waals surface area (Å²) >= 11 is 1.51. The van der Waals surface area contributed by atoms with E-state index in [4.69, 9.17) is 9.47 Å². The molecule has 0 spiro atoms. The van der Waals surface area contributed by atoms with Gasteiger partial charge in [-0.15, -0.1) is 11.3 Å². The first-order valence-corrected chi connectivity index (χ1v) is 10.1. The third kappa shape index (κ3) is 3.77. The average molecular weight is 391 g/mol. The molecule has 0 saturated carbocycles. The number of nitrogens with one attached hydrogen (secondary N) is 1. The summed E-state index contributed by atoms with van der Waals surface area (Å²) in [6.07, 6.45) is 3.81. The number of fused-ring (bicyclic) bond motifs is 1. The maximum absolute atomic E-state index is 5.80. The lowest BCUT2D eigenvalue weighted by molar-refractivity contribution is 0.324. The highest BCUT2D eigenvalue weighted by atomic mass is 32.1. The number of aliphatic imine (C=N–C) groups is 1. The molecule has 2 aromatic carbocycles. The zero-order valence-electron chi connectivity index (χ0n) is 15.8. The Balaban J connectivity index is 1.60. The fourth-order valence-electron chi connectivity index (χ4n) is 3.02. The fourth-order valence-corrected chi connectivity index (χ4v) is 3.68. The van der Waals surface area contributed by atoms with Gasteiger partial charge in [-0.2, -0.15) is 0 Å². The molecule has 2 aromatic heterocycles. The van der Waals surface area contributed by atoms with Crippen molar-refractivity contribution in [3.63, 3.8) is 0 Å². The molecular weight excluding hydrogens is 370 g/mol. The highest BCUT2D eigenvalue weighted by Gasteiger charge is 2.12.